The first-order chi connectivity index (χ1) is 8.45. The number of aliphatic hydroxyl groups excluding tert-OH is 1. The lowest BCUT2D eigenvalue weighted by atomic mass is 9.97. The van der Waals surface area contributed by atoms with Gasteiger partial charge in [0.25, 0.3) is 0 Å². The summed E-state index contributed by atoms with van der Waals surface area (Å²) in [6.07, 6.45) is 0. The lowest BCUT2D eigenvalue weighted by Crippen LogP contribution is -2.40. The topological polar surface area (TPSA) is 49.3 Å². The van der Waals surface area contributed by atoms with Crippen molar-refractivity contribution in [1.82, 2.24) is 5.32 Å². The molecule has 0 bridgehead atoms. The summed E-state index contributed by atoms with van der Waals surface area (Å²) in [5.41, 5.74) is 2.18. The predicted molar refractivity (Wildman–Crippen MR) is 73.4 cm³/mol. The number of carbonyl (C=O) groups excluding carboxylic acids is 1. The van der Waals surface area contributed by atoms with Crippen molar-refractivity contribution in [3.05, 3.63) is 35.4 Å². The minimum absolute atomic E-state index is 0.00778. The predicted octanol–water partition coefficient (Wildman–Crippen LogP) is 2.23. The molecule has 0 aromatic heterocycles. The summed E-state index contributed by atoms with van der Waals surface area (Å²) >= 11 is 0. The van der Waals surface area contributed by atoms with E-state index in [9.17, 15) is 4.79 Å². The lowest BCUT2D eigenvalue weighted by Gasteiger charge is -2.22. The molecule has 1 rings (SSSR count). The van der Waals surface area contributed by atoms with Crippen molar-refractivity contribution in [2.45, 2.75) is 39.7 Å². The van der Waals surface area contributed by atoms with Crippen molar-refractivity contribution < 1.29 is 9.90 Å². The number of rotatable bonds is 5. The molecule has 0 saturated heterocycles. The second-order valence-corrected chi connectivity index (χ2v) is 5.09. The molecule has 1 aromatic carbocycles. The largest absolute Gasteiger partial charge is 0.396 e. The number of benzene rings is 1. The summed E-state index contributed by atoms with van der Waals surface area (Å²) in [5, 5.41) is 12.0. The Labute approximate surface area is 109 Å². The van der Waals surface area contributed by atoms with E-state index in [0.717, 1.165) is 11.1 Å². The molecule has 0 aliphatic rings. The van der Waals surface area contributed by atoms with Crippen LogP contribution in [0.25, 0.3) is 0 Å². The van der Waals surface area contributed by atoms with E-state index in [0.29, 0.717) is 0 Å². The van der Waals surface area contributed by atoms with E-state index in [1.54, 1.807) is 0 Å². The molecule has 3 nitrogen and oxygen atoms in total. The summed E-state index contributed by atoms with van der Waals surface area (Å²) in [7, 11) is 0. The Bertz CT molecular complexity index is 403. The van der Waals surface area contributed by atoms with Crippen molar-refractivity contribution >= 4 is 5.91 Å². The molecule has 3 heteroatoms. The highest BCUT2D eigenvalue weighted by Crippen LogP contribution is 2.17. The summed E-state index contributed by atoms with van der Waals surface area (Å²) in [5.74, 6) is -0.0923. The van der Waals surface area contributed by atoms with Crippen molar-refractivity contribution in [2.75, 3.05) is 6.61 Å². The minimum Gasteiger partial charge on any atom is -0.396 e. The summed E-state index contributed by atoms with van der Waals surface area (Å²) in [6.45, 7) is 7.84. The van der Waals surface area contributed by atoms with Gasteiger partial charge in [-0.05, 0) is 32.3 Å². The molecule has 0 fully saturated rings. The fourth-order valence-electron chi connectivity index (χ4n) is 1.74. The molecule has 0 aliphatic carbocycles. The van der Waals surface area contributed by atoms with Gasteiger partial charge >= 0.3 is 0 Å². The number of carbonyl (C=O) groups is 1. The van der Waals surface area contributed by atoms with Crippen LogP contribution in [0.4, 0.5) is 0 Å². The molecule has 3 unspecified atom stereocenters. The molecule has 0 radical (unpaired) electrons. The van der Waals surface area contributed by atoms with Gasteiger partial charge in [-0.2, -0.15) is 0 Å². The molecule has 1 aromatic rings. The Hall–Kier alpha value is -1.35. The maximum atomic E-state index is 12.1. The number of aliphatic hydroxyl groups is 1. The van der Waals surface area contributed by atoms with Gasteiger partial charge in [0.1, 0.15) is 0 Å². The molecule has 2 N–H and O–H groups in total. The zero-order chi connectivity index (χ0) is 13.7. The average Bonchev–Trinajstić information content (AvgIpc) is 2.36. The molecule has 3 atom stereocenters. The quantitative estimate of drug-likeness (QED) is 0.840. The highest BCUT2D eigenvalue weighted by molar-refractivity contribution is 5.83. The first-order valence-corrected chi connectivity index (χ1v) is 6.43. The minimum atomic E-state index is -0.168. The standard InChI is InChI=1S/C15H23NO2/c1-10-6-5-7-14(8-10)12(3)15(18)16-13(4)11(2)9-17/h5-8,11-13,17H,9H2,1-4H3,(H,16,18). The monoisotopic (exact) mass is 249 g/mol. The molecular formula is C15H23NO2. The fraction of sp³-hybridized carbons (Fsp3) is 0.533. The summed E-state index contributed by atoms with van der Waals surface area (Å²) in [4.78, 5) is 12.1. The Morgan fingerprint density at radius 1 is 1.33 bits per heavy atom. The molecule has 0 aliphatic heterocycles. The van der Waals surface area contributed by atoms with Crippen LogP contribution in [0, 0.1) is 12.8 Å². The van der Waals surface area contributed by atoms with Crippen LogP contribution in [0.1, 0.15) is 37.8 Å². The summed E-state index contributed by atoms with van der Waals surface area (Å²) < 4.78 is 0. The van der Waals surface area contributed by atoms with Crippen LogP contribution in [0.3, 0.4) is 0 Å². The first kappa shape index (κ1) is 14.7. The highest BCUT2D eigenvalue weighted by atomic mass is 16.3. The van der Waals surface area contributed by atoms with Crippen LogP contribution >= 0.6 is 0 Å². The third-order valence-electron chi connectivity index (χ3n) is 3.45. The second kappa shape index (κ2) is 6.55. The van der Waals surface area contributed by atoms with E-state index in [4.69, 9.17) is 5.11 Å². The maximum absolute atomic E-state index is 12.1. The van der Waals surface area contributed by atoms with Gasteiger partial charge in [0.2, 0.25) is 5.91 Å². The van der Waals surface area contributed by atoms with Gasteiger partial charge in [0.05, 0.1) is 5.92 Å². The van der Waals surface area contributed by atoms with Gasteiger partial charge in [0.15, 0.2) is 0 Å². The zero-order valence-corrected chi connectivity index (χ0v) is 11.6. The normalized spacial score (nSPS) is 15.8. The molecule has 18 heavy (non-hydrogen) atoms. The van der Waals surface area contributed by atoms with E-state index in [1.165, 1.54) is 0 Å². The number of hydrogen-bond acceptors (Lipinski definition) is 2. The molecule has 0 spiro atoms. The first-order valence-electron chi connectivity index (χ1n) is 6.43. The highest BCUT2D eigenvalue weighted by Gasteiger charge is 2.19. The Morgan fingerprint density at radius 2 is 2.00 bits per heavy atom. The number of nitrogens with one attached hydrogen (secondary N) is 1. The van der Waals surface area contributed by atoms with Crippen LogP contribution in [0.2, 0.25) is 0 Å². The molecule has 0 heterocycles. The molecule has 1 amide bonds. The van der Waals surface area contributed by atoms with E-state index in [-0.39, 0.29) is 30.4 Å². The number of amides is 1. The van der Waals surface area contributed by atoms with Crippen molar-refractivity contribution in [1.29, 1.82) is 0 Å². The smallest absolute Gasteiger partial charge is 0.227 e. The van der Waals surface area contributed by atoms with Crippen molar-refractivity contribution in [2.24, 2.45) is 5.92 Å². The third-order valence-corrected chi connectivity index (χ3v) is 3.45. The van der Waals surface area contributed by atoms with Crippen LogP contribution in [-0.2, 0) is 4.79 Å². The van der Waals surface area contributed by atoms with E-state index >= 15 is 0 Å². The van der Waals surface area contributed by atoms with Crippen molar-refractivity contribution in [3.8, 4) is 0 Å². The Morgan fingerprint density at radius 3 is 2.56 bits per heavy atom. The van der Waals surface area contributed by atoms with Gasteiger partial charge in [-0.15, -0.1) is 0 Å². The third kappa shape index (κ3) is 3.84. The number of hydrogen-bond donors (Lipinski definition) is 2. The van der Waals surface area contributed by atoms with Crippen LogP contribution in [0.15, 0.2) is 24.3 Å². The van der Waals surface area contributed by atoms with E-state index < -0.39 is 0 Å². The maximum Gasteiger partial charge on any atom is 0.227 e. The van der Waals surface area contributed by atoms with Gasteiger partial charge in [-0.25, -0.2) is 0 Å². The Kier molecular flexibility index (Phi) is 5.35. The number of aryl methyl sites for hydroxylation is 1. The molecule has 100 valence electrons. The molecule has 0 saturated carbocycles. The molecular weight excluding hydrogens is 226 g/mol. The fourth-order valence-corrected chi connectivity index (χ4v) is 1.74. The Balaban J connectivity index is 2.67. The summed E-state index contributed by atoms with van der Waals surface area (Å²) in [6, 6.07) is 7.97. The zero-order valence-electron chi connectivity index (χ0n) is 11.6. The lowest BCUT2D eigenvalue weighted by molar-refractivity contribution is -0.123. The van der Waals surface area contributed by atoms with Gasteiger partial charge in [0, 0.05) is 12.6 Å². The second-order valence-electron chi connectivity index (χ2n) is 5.09. The van der Waals surface area contributed by atoms with Crippen molar-refractivity contribution in [3.63, 3.8) is 0 Å². The van der Waals surface area contributed by atoms with Gasteiger partial charge in [-0.1, -0.05) is 36.8 Å². The van der Waals surface area contributed by atoms with Crippen LogP contribution < -0.4 is 5.32 Å². The SMILES string of the molecule is Cc1cccc(C(C)C(=O)NC(C)C(C)CO)c1. The van der Waals surface area contributed by atoms with E-state index in [1.807, 2.05) is 52.0 Å². The van der Waals surface area contributed by atoms with Gasteiger partial charge in [-0.3, -0.25) is 4.79 Å². The van der Waals surface area contributed by atoms with Crippen LogP contribution in [0.5, 0.6) is 0 Å². The van der Waals surface area contributed by atoms with Gasteiger partial charge < -0.3 is 10.4 Å². The van der Waals surface area contributed by atoms with E-state index in [2.05, 4.69) is 5.32 Å². The average molecular weight is 249 g/mol. The van der Waals surface area contributed by atoms with Crippen LogP contribution in [-0.4, -0.2) is 23.7 Å².